The molecule has 1 heterocycles. The number of thioether (sulfide) groups is 1. The van der Waals surface area contributed by atoms with Crippen LogP contribution in [0.2, 0.25) is 0 Å². The number of nitrogens with zero attached hydrogens (tertiary/aromatic N) is 3. The Labute approximate surface area is 106 Å². The lowest BCUT2D eigenvalue weighted by Gasteiger charge is -2.08. The van der Waals surface area contributed by atoms with Crippen LogP contribution < -0.4 is 5.32 Å². The third-order valence-electron chi connectivity index (χ3n) is 2.39. The van der Waals surface area contributed by atoms with Crippen LogP contribution in [0.15, 0.2) is 6.20 Å². The van der Waals surface area contributed by atoms with Gasteiger partial charge in [0, 0.05) is 11.7 Å². The van der Waals surface area contributed by atoms with Crippen LogP contribution in [0, 0.1) is 5.92 Å². The smallest absolute Gasteiger partial charge is 0.222 e. The number of nitrogens with one attached hydrogen (secondary N) is 1. The van der Waals surface area contributed by atoms with Gasteiger partial charge in [-0.25, -0.2) is 4.68 Å². The lowest BCUT2D eigenvalue weighted by Crippen LogP contribution is -2.27. The van der Waals surface area contributed by atoms with Crippen LogP contribution in [-0.2, 0) is 11.3 Å². The molecule has 0 aliphatic rings. The SMILES string of the molecule is CSCC(C)n1cc(CNC(=O)C(C)C)nn1. The molecule has 0 fully saturated rings. The van der Waals surface area contributed by atoms with Crippen molar-refractivity contribution < 1.29 is 4.79 Å². The van der Waals surface area contributed by atoms with Crippen LogP contribution >= 0.6 is 11.8 Å². The molecule has 0 aliphatic carbocycles. The third kappa shape index (κ3) is 4.38. The maximum absolute atomic E-state index is 11.4. The molecule has 0 aliphatic heterocycles. The van der Waals surface area contributed by atoms with Gasteiger partial charge < -0.3 is 5.32 Å². The number of hydrogen-bond acceptors (Lipinski definition) is 4. The van der Waals surface area contributed by atoms with Crippen molar-refractivity contribution in [1.82, 2.24) is 20.3 Å². The molecule has 0 saturated heterocycles. The molecule has 5 nitrogen and oxygen atoms in total. The summed E-state index contributed by atoms with van der Waals surface area (Å²) in [6, 6.07) is 0.326. The second-order valence-electron chi connectivity index (χ2n) is 4.37. The molecule has 1 amide bonds. The highest BCUT2D eigenvalue weighted by Gasteiger charge is 2.10. The second-order valence-corrected chi connectivity index (χ2v) is 5.28. The van der Waals surface area contributed by atoms with Crippen molar-refractivity contribution in [2.45, 2.75) is 33.4 Å². The van der Waals surface area contributed by atoms with E-state index >= 15 is 0 Å². The first-order valence-corrected chi connectivity index (χ1v) is 7.11. The van der Waals surface area contributed by atoms with E-state index in [1.807, 2.05) is 24.7 Å². The molecular formula is C11H20N4OS. The van der Waals surface area contributed by atoms with Gasteiger partial charge in [0.1, 0.15) is 5.69 Å². The van der Waals surface area contributed by atoms with Crippen LogP contribution in [0.4, 0.5) is 0 Å². The largest absolute Gasteiger partial charge is 0.350 e. The summed E-state index contributed by atoms with van der Waals surface area (Å²) in [7, 11) is 0. The van der Waals surface area contributed by atoms with E-state index in [1.54, 1.807) is 11.8 Å². The lowest BCUT2D eigenvalue weighted by atomic mass is 10.2. The van der Waals surface area contributed by atoms with Gasteiger partial charge in [-0.3, -0.25) is 4.79 Å². The van der Waals surface area contributed by atoms with Crippen molar-refractivity contribution in [3.63, 3.8) is 0 Å². The summed E-state index contributed by atoms with van der Waals surface area (Å²) in [6.45, 7) is 6.28. The van der Waals surface area contributed by atoms with E-state index < -0.39 is 0 Å². The number of amides is 1. The second kappa shape index (κ2) is 6.64. The molecule has 1 aromatic rings. The average molecular weight is 256 g/mol. The van der Waals surface area contributed by atoms with Crippen molar-refractivity contribution in [1.29, 1.82) is 0 Å². The zero-order chi connectivity index (χ0) is 12.8. The fraction of sp³-hybridized carbons (Fsp3) is 0.727. The molecule has 6 heteroatoms. The van der Waals surface area contributed by atoms with Gasteiger partial charge in [-0.05, 0) is 13.2 Å². The van der Waals surface area contributed by atoms with Gasteiger partial charge >= 0.3 is 0 Å². The quantitative estimate of drug-likeness (QED) is 0.837. The van der Waals surface area contributed by atoms with Crippen LogP contribution in [-0.4, -0.2) is 32.9 Å². The molecule has 1 N–H and O–H groups in total. The topological polar surface area (TPSA) is 59.8 Å². The van der Waals surface area contributed by atoms with E-state index in [1.165, 1.54) is 0 Å². The zero-order valence-electron chi connectivity index (χ0n) is 10.8. The summed E-state index contributed by atoms with van der Waals surface area (Å²) < 4.78 is 1.84. The fourth-order valence-electron chi connectivity index (χ4n) is 1.31. The Morgan fingerprint density at radius 1 is 1.53 bits per heavy atom. The van der Waals surface area contributed by atoms with E-state index in [2.05, 4.69) is 28.8 Å². The maximum Gasteiger partial charge on any atom is 0.222 e. The van der Waals surface area contributed by atoms with Gasteiger partial charge in [-0.2, -0.15) is 11.8 Å². The van der Waals surface area contributed by atoms with E-state index in [4.69, 9.17) is 0 Å². The molecule has 0 bridgehead atoms. The van der Waals surface area contributed by atoms with E-state index in [-0.39, 0.29) is 11.8 Å². The highest BCUT2D eigenvalue weighted by Crippen LogP contribution is 2.10. The molecule has 1 unspecified atom stereocenters. The van der Waals surface area contributed by atoms with Gasteiger partial charge in [0.05, 0.1) is 18.8 Å². The highest BCUT2D eigenvalue weighted by atomic mass is 32.2. The van der Waals surface area contributed by atoms with Crippen molar-refractivity contribution in [3.8, 4) is 0 Å². The first-order chi connectivity index (χ1) is 8.04. The Balaban J connectivity index is 2.48. The number of carbonyl (C=O) groups excluding carboxylic acids is 1. The van der Waals surface area contributed by atoms with Crippen molar-refractivity contribution in [3.05, 3.63) is 11.9 Å². The molecule has 1 aromatic heterocycles. The predicted octanol–water partition coefficient (Wildman–Crippen LogP) is 1.47. The average Bonchev–Trinajstić information content (AvgIpc) is 2.74. The summed E-state index contributed by atoms with van der Waals surface area (Å²) >= 11 is 1.78. The van der Waals surface area contributed by atoms with Gasteiger partial charge in [0.2, 0.25) is 5.91 Å². The van der Waals surface area contributed by atoms with Crippen LogP contribution in [0.3, 0.4) is 0 Å². The fourth-order valence-corrected chi connectivity index (χ4v) is 1.94. The number of rotatable bonds is 6. The van der Waals surface area contributed by atoms with E-state index in [0.29, 0.717) is 12.6 Å². The highest BCUT2D eigenvalue weighted by molar-refractivity contribution is 7.98. The van der Waals surface area contributed by atoms with Gasteiger partial charge in [-0.15, -0.1) is 5.10 Å². The Kier molecular flexibility index (Phi) is 5.47. The van der Waals surface area contributed by atoms with Gasteiger partial charge in [0.15, 0.2) is 0 Å². The van der Waals surface area contributed by atoms with E-state index in [9.17, 15) is 4.79 Å². The minimum absolute atomic E-state index is 0.000426. The molecule has 96 valence electrons. The van der Waals surface area contributed by atoms with Crippen LogP contribution in [0.25, 0.3) is 0 Å². The Morgan fingerprint density at radius 3 is 2.82 bits per heavy atom. The summed E-state index contributed by atoms with van der Waals surface area (Å²) in [5, 5.41) is 10.9. The zero-order valence-corrected chi connectivity index (χ0v) is 11.6. The first kappa shape index (κ1) is 14.0. The molecule has 0 saturated carbocycles. The predicted molar refractivity (Wildman–Crippen MR) is 69.8 cm³/mol. The number of hydrogen-bond donors (Lipinski definition) is 1. The Hall–Kier alpha value is -1.04. The molecule has 17 heavy (non-hydrogen) atoms. The summed E-state index contributed by atoms with van der Waals surface area (Å²) in [6.07, 6.45) is 3.96. The minimum atomic E-state index is 0.000426. The van der Waals surface area contributed by atoms with Crippen molar-refractivity contribution in [2.24, 2.45) is 5.92 Å². The molecule has 0 spiro atoms. The van der Waals surface area contributed by atoms with Crippen molar-refractivity contribution >= 4 is 17.7 Å². The standard InChI is InChI=1S/C11H20N4OS/c1-8(2)11(16)12-5-10-6-15(14-13-10)9(3)7-17-4/h6,8-9H,5,7H2,1-4H3,(H,12,16). The summed E-state index contributed by atoms with van der Waals surface area (Å²) in [5.74, 6) is 1.04. The first-order valence-electron chi connectivity index (χ1n) is 5.72. The van der Waals surface area contributed by atoms with Crippen molar-refractivity contribution in [2.75, 3.05) is 12.0 Å². The minimum Gasteiger partial charge on any atom is -0.350 e. The summed E-state index contributed by atoms with van der Waals surface area (Å²) in [4.78, 5) is 11.4. The molecular weight excluding hydrogens is 236 g/mol. The van der Waals surface area contributed by atoms with Crippen LogP contribution in [0.1, 0.15) is 32.5 Å². The number of carbonyl (C=O) groups is 1. The Bertz CT molecular complexity index is 364. The normalized spacial score (nSPS) is 12.8. The molecule has 0 aromatic carbocycles. The van der Waals surface area contributed by atoms with Crippen LogP contribution in [0.5, 0.6) is 0 Å². The third-order valence-corrected chi connectivity index (χ3v) is 3.20. The van der Waals surface area contributed by atoms with E-state index in [0.717, 1.165) is 11.4 Å². The molecule has 0 radical (unpaired) electrons. The number of aromatic nitrogens is 3. The summed E-state index contributed by atoms with van der Waals surface area (Å²) in [5.41, 5.74) is 0.798. The van der Waals surface area contributed by atoms with Gasteiger partial charge in [0.25, 0.3) is 0 Å². The Morgan fingerprint density at radius 2 is 2.24 bits per heavy atom. The molecule has 1 atom stereocenters. The lowest BCUT2D eigenvalue weighted by molar-refractivity contribution is -0.124. The molecule has 1 rings (SSSR count). The maximum atomic E-state index is 11.4. The monoisotopic (exact) mass is 256 g/mol. The van der Waals surface area contributed by atoms with Gasteiger partial charge in [-0.1, -0.05) is 19.1 Å².